The Morgan fingerprint density at radius 3 is 2.84 bits per heavy atom. The molecule has 0 atom stereocenters. The molecule has 0 aliphatic rings. The summed E-state index contributed by atoms with van der Waals surface area (Å²) >= 11 is 0. The van der Waals surface area contributed by atoms with Crippen LogP contribution in [-0.4, -0.2) is 16.6 Å². The lowest BCUT2D eigenvalue weighted by molar-refractivity contribution is 0.241. The zero-order valence-electron chi connectivity index (χ0n) is 13.9. The average molecular weight is 338 g/mol. The molecule has 6 heteroatoms. The van der Waals surface area contributed by atoms with Crippen LogP contribution in [0.1, 0.15) is 23.3 Å². The van der Waals surface area contributed by atoms with Crippen LogP contribution in [0.4, 0.5) is 0 Å². The molecule has 6 nitrogen and oxygen atoms in total. The lowest BCUT2D eigenvalue weighted by Crippen LogP contribution is -2.24. The van der Waals surface area contributed by atoms with Gasteiger partial charge in [-0.15, -0.1) is 0 Å². The number of phenols is 1. The van der Waals surface area contributed by atoms with Crippen LogP contribution in [0.3, 0.4) is 0 Å². The Labute approximate surface area is 144 Å². The number of rotatable bonds is 6. The summed E-state index contributed by atoms with van der Waals surface area (Å²) in [5.41, 5.74) is 1.25. The van der Waals surface area contributed by atoms with E-state index in [9.17, 15) is 9.90 Å². The van der Waals surface area contributed by atoms with E-state index in [1.54, 1.807) is 25.3 Å². The maximum absolute atomic E-state index is 11.9. The summed E-state index contributed by atoms with van der Waals surface area (Å²) in [7, 11) is 0. The fraction of sp³-hybridized carbons (Fsp3) is 0.263. The maximum Gasteiger partial charge on any atom is 0.336 e. The molecule has 0 saturated heterocycles. The molecule has 0 amide bonds. The Balaban J connectivity index is 1.97. The number of aryl methyl sites for hydroxylation is 1. The smallest absolute Gasteiger partial charge is 0.336 e. The second-order valence-electron chi connectivity index (χ2n) is 5.88. The van der Waals surface area contributed by atoms with Crippen molar-refractivity contribution >= 4 is 11.0 Å². The van der Waals surface area contributed by atoms with E-state index in [1.165, 1.54) is 6.07 Å². The topological polar surface area (TPSA) is 90.6 Å². The van der Waals surface area contributed by atoms with Crippen molar-refractivity contribution in [2.75, 3.05) is 6.54 Å². The molecule has 2 heterocycles. The molecule has 0 saturated carbocycles. The molecule has 25 heavy (non-hydrogen) atoms. The van der Waals surface area contributed by atoms with Gasteiger partial charge < -0.3 is 13.9 Å². The van der Waals surface area contributed by atoms with Crippen molar-refractivity contribution in [2.45, 2.75) is 26.4 Å². The SMILES string of the molecule is Cc1c(O)ccc2c(CN(CCC#N)Cc3ccco3)cc(=O)oc12. The van der Waals surface area contributed by atoms with E-state index in [2.05, 4.69) is 6.07 Å². The van der Waals surface area contributed by atoms with Gasteiger partial charge in [0.25, 0.3) is 0 Å². The van der Waals surface area contributed by atoms with E-state index in [1.807, 2.05) is 17.0 Å². The summed E-state index contributed by atoms with van der Waals surface area (Å²) in [6.07, 6.45) is 1.98. The van der Waals surface area contributed by atoms with Gasteiger partial charge in [-0.05, 0) is 36.8 Å². The summed E-state index contributed by atoms with van der Waals surface area (Å²) < 4.78 is 10.7. The summed E-state index contributed by atoms with van der Waals surface area (Å²) in [4.78, 5) is 14.0. The molecule has 0 aliphatic heterocycles. The highest BCUT2D eigenvalue weighted by atomic mass is 16.4. The molecule has 3 aromatic rings. The predicted octanol–water partition coefficient (Wildman–Crippen LogP) is 3.32. The number of hydrogen-bond donors (Lipinski definition) is 1. The predicted molar refractivity (Wildman–Crippen MR) is 91.9 cm³/mol. The first-order valence-electron chi connectivity index (χ1n) is 7.95. The minimum atomic E-state index is -0.463. The molecule has 0 bridgehead atoms. The lowest BCUT2D eigenvalue weighted by Gasteiger charge is -2.21. The standard InChI is InChI=1S/C19H18N2O4/c1-13-17(22)6-5-16-14(10-18(23)25-19(13)16)11-21(8-3-7-20)12-15-4-2-9-24-15/h2,4-6,9-10,22H,3,8,11-12H2,1H3. The van der Waals surface area contributed by atoms with Gasteiger partial charge in [0.05, 0.1) is 18.9 Å². The van der Waals surface area contributed by atoms with Gasteiger partial charge >= 0.3 is 5.63 Å². The molecule has 0 fully saturated rings. The van der Waals surface area contributed by atoms with Gasteiger partial charge in [0.15, 0.2) is 0 Å². The van der Waals surface area contributed by atoms with Gasteiger partial charge in [-0.25, -0.2) is 4.79 Å². The second kappa shape index (κ2) is 7.24. The van der Waals surface area contributed by atoms with Crippen molar-refractivity contribution in [2.24, 2.45) is 0 Å². The van der Waals surface area contributed by atoms with Crippen LogP contribution in [0.2, 0.25) is 0 Å². The fourth-order valence-corrected chi connectivity index (χ4v) is 2.83. The number of nitrogens with zero attached hydrogens (tertiary/aromatic N) is 2. The summed E-state index contributed by atoms with van der Waals surface area (Å²) in [5.74, 6) is 0.878. The van der Waals surface area contributed by atoms with Gasteiger partial charge in [-0.3, -0.25) is 4.90 Å². The third-order valence-electron chi connectivity index (χ3n) is 4.11. The Morgan fingerprint density at radius 1 is 1.28 bits per heavy atom. The van der Waals surface area contributed by atoms with Crippen molar-refractivity contribution in [1.82, 2.24) is 4.90 Å². The molecule has 0 radical (unpaired) electrons. The first kappa shape index (κ1) is 16.8. The lowest BCUT2D eigenvalue weighted by atomic mass is 10.1. The first-order chi connectivity index (χ1) is 12.1. The summed E-state index contributed by atoms with van der Waals surface area (Å²) in [6.45, 7) is 3.26. The molecule has 0 spiro atoms. The fourth-order valence-electron chi connectivity index (χ4n) is 2.83. The van der Waals surface area contributed by atoms with Crippen molar-refractivity contribution in [3.63, 3.8) is 0 Å². The van der Waals surface area contributed by atoms with Crippen LogP contribution in [0.25, 0.3) is 11.0 Å². The number of hydrogen-bond acceptors (Lipinski definition) is 6. The number of nitriles is 1. The van der Waals surface area contributed by atoms with E-state index in [-0.39, 0.29) is 5.75 Å². The molecule has 128 valence electrons. The Bertz CT molecular complexity index is 967. The van der Waals surface area contributed by atoms with Gasteiger partial charge in [0, 0.05) is 36.5 Å². The highest BCUT2D eigenvalue weighted by Crippen LogP contribution is 2.28. The third kappa shape index (κ3) is 3.73. The minimum Gasteiger partial charge on any atom is -0.508 e. The van der Waals surface area contributed by atoms with Crippen molar-refractivity contribution in [1.29, 1.82) is 5.26 Å². The normalized spacial score (nSPS) is 11.1. The summed E-state index contributed by atoms with van der Waals surface area (Å²) in [6, 6.07) is 10.6. The third-order valence-corrected chi connectivity index (χ3v) is 4.11. The monoisotopic (exact) mass is 338 g/mol. The van der Waals surface area contributed by atoms with Crippen molar-refractivity contribution in [3.8, 4) is 11.8 Å². The van der Waals surface area contributed by atoms with Crippen LogP contribution < -0.4 is 5.63 Å². The molecule has 1 N–H and O–H groups in total. The number of furan rings is 1. The number of aromatic hydroxyl groups is 1. The first-order valence-corrected chi connectivity index (χ1v) is 7.95. The molecule has 2 aromatic heterocycles. The van der Waals surface area contributed by atoms with Gasteiger partial charge in [0.2, 0.25) is 0 Å². The van der Waals surface area contributed by atoms with E-state index in [0.717, 1.165) is 16.7 Å². The van der Waals surface area contributed by atoms with Gasteiger partial charge in [-0.1, -0.05) is 0 Å². The molecule has 3 rings (SSSR count). The van der Waals surface area contributed by atoms with Crippen LogP contribution in [0, 0.1) is 18.3 Å². The Morgan fingerprint density at radius 2 is 2.12 bits per heavy atom. The highest BCUT2D eigenvalue weighted by molar-refractivity contribution is 5.84. The maximum atomic E-state index is 11.9. The molecule has 1 aromatic carbocycles. The molecular weight excluding hydrogens is 320 g/mol. The zero-order chi connectivity index (χ0) is 17.8. The van der Waals surface area contributed by atoms with Gasteiger partial charge in [0.1, 0.15) is 17.1 Å². The Kier molecular flexibility index (Phi) is 4.87. The Hall–Kier alpha value is -3.04. The van der Waals surface area contributed by atoms with E-state index < -0.39 is 5.63 Å². The number of phenolic OH excluding ortho intramolecular Hbond substituents is 1. The van der Waals surface area contributed by atoms with Crippen LogP contribution >= 0.6 is 0 Å². The minimum absolute atomic E-state index is 0.0877. The van der Waals surface area contributed by atoms with E-state index in [4.69, 9.17) is 14.1 Å². The van der Waals surface area contributed by atoms with Gasteiger partial charge in [-0.2, -0.15) is 5.26 Å². The van der Waals surface area contributed by atoms with Crippen molar-refractivity contribution in [3.05, 3.63) is 63.9 Å². The molecular formula is C19H18N2O4. The van der Waals surface area contributed by atoms with Crippen LogP contribution in [0.5, 0.6) is 5.75 Å². The van der Waals surface area contributed by atoms with Crippen LogP contribution in [-0.2, 0) is 13.1 Å². The molecule has 0 unspecified atom stereocenters. The van der Waals surface area contributed by atoms with E-state index in [0.29, 0.717) is 37.2 Å². The van der Waals surface area contributed by atoms with E-state index >= 15 is 0 Å². The van der Waals surface area contributed by atoms with Crippen molar-refractivity contribution < 1.29 is 13.9 Å². The zero-order valence-corrected chi connectivity index (χ0v) is 13.9. The quantitative estimate of drug-likeness (QED) is 0.693. The largest absolute Gasteiger partial charge is 0.508 e. The number of fused-ring (bicyclic) bond motifs is 1. The molecule has 0 aliphatic carbocycles. The van der Waals surface area contributed by atoms with Crippen LogP contribution in [0.15, 0.2) is 50.2 Å². The highest BCUT2D eigenvalue weighted by Gasteiger charge is 2.15. The summed E-state index contributed by atoms with van der Waals surface area (Å²) in [5, 5.41) is 19.5. The number of benzene rings is 1. The second-order valence-corrected chi connectivity index (χ2v) is 5.88. The average Bonchev–Trinajstić information content (AvgIpc) is 3.09.